The number of anilines is 1. The number of nitrogens with two attached hydrogens (primary N) is 1. The fourth-order valence-electron chi connectivity index (χ4n) is 2.87. The molecule has 0 atom stereocenters. The Morgan fingerprint density at radius 1 is 1.29 bits per heavy atom. The van der Waals surface area contributed by atoms with Gasteiger partial charge in [-0.05, 0) is 31.4 Å². The lowest BCUT2D eigenvalue weighted by atomic mass is 10.1. The van der Waals surface area contributed by atoms with Crippen LogP contribution in [0.25, 0.3) is 11.0 Å². The zero-order chi connectivity index (χ0) is 14.8. The molecule has 0 bridgehead atoms. The fraction of sp³-hybridized carbons (Fsp3) is 0.467. The lowest BCUT2D eigenvalue weighted by Crippen LogP contribution is -2.36. The number of nitrogen functional groups attached to an aromatic ring is 1. The van der Waals surface area contributed by atoms with Gasteiger partial charge in [0.25, 0.3) is 0 Å². The summed E-state index contributed by atoms with van der Waals surface area (Å²) in [4.78, 5) is 18.1. The van der Waals surface area contributed by atoms with Crippen LogP contribution in [0.15, 0.2) is 18.2 Å². The summed E-state index contributed by atoms with van der Waals surface area (Å²) in [7, 11) is 0. The van der Waals surface area contributed by atoms with Gasteiger partial charge in [-0.3, -0.25) is 4.79 Å². The highest BCUT2D eigenvalue weighted by Crippen LogP contribution is 2.21. The standard InChI is InChI=1S/C15H19FN4O/c16-11-5-4-6-12-14(11)18-15(17)20(12)10-7-13(21)19-8-2-1-3-9-19/h4-6H,1-3,7-10H2,(H2,17,18). The molecule has 112 valence electrons. The largest absolute Gasteiger partial charge is 0.369 e. The summed E-state index contributed by atoms with van der Waals surface area (Å²) < 4.78 is 15.4. The number of aryl methyl sites for hydroxylation is 1. The molecule has 0 aliphatic carbocycles. The van der Waals surface area contributed by atoms with Crippen molar-refractivity contribution >= 4 is 22.9 Å². The molecule has 5 nitrogen and oxygen atoms in total. The summed E-state index contributed by atoms with van der Waals surface area (Å²) in [5.74, 6) is -0.00537. The minimum Gasteiger partial charge on any atom is -0.369 e. The topological polar surface area (TPSA) is 64.1 Å². The van der Waals surface area contributed by atoms with Crippen molar-refractivity contribution in [2.75, 3.05) is 18.8 Å². The van der Waals surface area contributed by atoms with Crippen LogP contribution in [0.4, 0.5) is 10.3 Å². The first-order valence-electron chi connectivity index (χ1n) is 7.35. The van der Waals surface area contributed by atoms with E-state index in [1.807, 2.05) is 4.90 Å². The van der Waals surface area contributed by atoms with Gasteiger partial charge in [0.1, 0.15) is 5.52 Å². The van der Waals surface area contributed by atoms with Crippen molar-refractivity contribution in [2.24, 2.45) is 0 Å². The second-order valence-electron chi connectivity index (χ2n) is 5.42. The van der Waals surface area contributed by atoms with E-state index < -0.39 is 0 Å². The Kier molecular flexibility index (Phi) is 3.77. The number of halogens is 1. The highest BCUT2D eigenvalue weighted by molar-refractivity contribution is 5.80. The Balaban J connectivity index is 1.74. The molecule has 1 aromatic heterocycles. The molecular weight excluding hydrogens is 271 g/mol. The molecule has 1 amide bonds. The lowest BCUT2D eigenvalue weighted by molar-refractivity contribution is -0.132. The first-order chi connectivity index (χ1) is 10.2. The number of aromatic nitrogens is 2. The molecule has 1 fully saturated rings. The lowest BCUT2D eigenvalue weighted by Gasteiger charge is -2.26. The molecule has 1 aliphatic rings. The maximum atomic E-state index is 13.7. The van der Waals surface area contributed by atoms with Crippen molar-refractivity contribution in [1.82, 2.24) is 14.5 Å². The number of rotatable bonds is 3. The number of carbonyl (C=O) groups is 1. The minimum absolute atomic E-state index is 0.132. The van der Waals surface area contributed by atoms with Crippen LogP contribution >= 0.6 is 0 Å². The zero-order valence-electron chi connectivity index (χ0n) is 11.9. The van der Waals surface area contributed by atoms with E-state index in [1.165, 1.54) is 12.5 Å². The van der Waals surface area contributed by atoms with Gasteiger partial charge in [0.15, 0.2) is 5.82 Å². The van der Waals surface area contributed by atoms with E-state index in [0.29, 0.717) is 18.5 Å². The molecule has 3 rings (SSSR count). The molecule has 6 heteroatoms. The van der Waals surface area contributed by atoms with Crippen LogP contribution in [0.5, 0.6) is 0 Å². The fourth-order valence-corrected chi connectivity index (χ4v) is 2.87. The summed E-state index contributed by atoms with van der Waals surface area (Å²) in [5.41, 5.74) is 6.75. The van der Waals surface area contributed by atoms with Crippen molar-refractivity contribution in [2.45, 2.75) is 32.2 Å². The van der Waals surface area contributed by atoms with E-state index in [2.05, 4.69) is 4.98 Å². The van der Waals surface area contributed by atoms with Gasteiger partial charge >= 0.3 is 0 Å². The third kappa shape index (κ3) is 2.70. The number of benzene rings is 1. The summed E-state index contributed by atoms with van der Waals surface area (Å²) in [6.45, 7) is 2.11. The highest BCUT2D eigenvalue weighted by Gasteiger charge is 2.18. The van der Waals surface area contributed by atoms with Gasteiger partial charge in [0.2, 0.25) is 11.9 Å². The third-order valence-corrected chi connectivity index (χ3v) is 4.02. The molecule has 0 radical (unpaired) electrons. The summed E-state index contributed by atoms with van der Waals surface area (Å²) in [6.07, 6.45) is 3.72. The number of hydrogen-bond donors (Lipinski definition) is 1. The zero-order valence-corrected chi connectivity index (χ0v) is 11.9. The second-order valence-corrected chi connectivity index (χ2v) is 5.42. The van der Waals surface area contributed by atoms with Gasteiger partial charge in [-0.15, -0.1) is 0 Å². The third-order valence-electron chi connectivity index (χ3n) is 4.02. The number of nitrogens with zero attached hydrogens (tertiary/aromatic N) is 3. The van der Waals surface area contributed by atoms with Gasteiger partial charge in [0, 0.05) is 26.1 Å². The molecule has 0 saturated carbocycles. The van der Waals surface area contributed by atoms with Crippen LogP contribution in [0.1, 0.15) is 25.7 Å². The first-order valence-corrected chi connectivity index (χ1v) is 7.35. The molecule has 2 N–H and O–H groups in total. The highest BCUT2D eigenvalue weighted by atomic mass is 19.1. The van der Waals surface area contributed by atoms with E-state index >= 15 is 0 Å². The summed E-state index contributed by atoms with van der Waals surface area (Å²) >= 11 is 0. The monoisotopic (exact) mass is 290 g/mol. The molecule has 1 saturated heterocycles. The molecule has 1 aromatic carbocycles. The Labute approximate surface area is 122 Å². The molecular formula is C15H19FN4O. The van der Waals surface area contributed by atoms with E-state index in [4.69, 9.17) is 5.73 Å². The Morgan fingerprint density at radius 3 is 2.81 bits per heavy atom. The average Bonchev–Trinajstić information content (AvgIpc) is 2.83. The second kappa shape index (κ2) is 5.71. The number of imidazole rings is 1. The van der Waals surface area contributed by atoms with Crippen molar-refractivity contribution in [3.8, 4) is 0 Å². The van der Waals surface area contributed by atoms with Gasteiger partial charge in [-0.25, -0.2) is 9.37 Å². The van der Waals surface area contributed by atoms with Crippen LogP contribution in [0.3, 0.4) is 0 Å². The minimum atomic E-state index is -0.389. The molecule has 21 heavy (non-hydrogen) atoms. The van der Waals surface area contributed by atoms with E-state index in [1.54, 1.807) is 16.7 Å². The summed E-state index contributed by atoms with van der Waals surface area (Å²) in [5, 5.41) is 0. The normalized spacial score (nSPS) is 15.6. The van der Waals surface area contributed by atoms with Crippen molar-refractivity contribution in [3.63, 3.8) is 0 Å². The quantitative estimate of drug-likeness (QED) is 0.942. The van der Waals surface area contributed by atoms with E-state index in [-0.39, 0.29) is 23.2 Å². The predicted octanol–water partition coefficient (Wildman–Crippen LogP) is 2.16. The maximum absolute atomic E-state index is 13.7. The van der Waals surface area contributed by atoms with Crippen molar-refractivity contribution in [1.29, 1.82) is 0 Å². The number of fused-ring (bicyclic) bond motifs is 1. The van der Waals surface area contributed by atoms with Crippen LogP contribution in [0.2, 0.25) is 0 Å². The van der Waals surface area contributed by atoms with Crippen LogP contribution in [0, 0.1) is 5.82 Å². The van der Waals surface area contributed by atoms with E-state index in [0.717, 1.165) is 25.9 Å². The number of carbonyl (C=O) groups excluding carboxylic acids is 1. The molecule has 1 aliphatic heterocycles. The molecule has 0 spiro atoms. The average molecular weight is 290 g/mol. The smallest absolute Gasteiger partial charge is 0.224 e. The van der Waals surface area contributed by atoms with E-state index in [9.17, 15) is 9.18 Å². The van der Waals surface area contributed by atoms with Gasteiger partial charge in [0.05, 0.1) is 5.52 Å². The maximum Gasteiger partial charge on any atom is 0.224 e. The Bertz CT molecular complexity index is 661. The van der Waals surface area contributed by atoms with Crippen LogP contribution < -0.4 is 5.73 Å². The van der Waals surface area contributed by atoms with Gasteiger partial charge in [-0.2, -0.15) is 0 Å². The number of piperidine rings is 1. The molecule has 0 unspecified atom stereocenters. The van der Waals surface area contributed by atoms with Crippen molar-refractivity contribution in [3.05, 3.63) is 24.0 Å². The predicted molar refractivity (Wildman–Crippen MR) is 79.2 cm³/mol. The molecule has 2 heterocycles. The molecule has 2 aromatic rings. The van der Waals surface area contributed by atoms with Crippen molar-refractivity contribution < 1.29 is 9.18 Å². The van der Waals surface area contributed by atoms with Crippen LogP contribution in [-0.4, -0.2) is 33.4 Å². The number of hydrogen-bond acceptors (Lipinski definition) is 3. The van der Waals surface area contributed by atoms with Gasteiger partial charge in [-0.1, -0.05) is 6.07 Å². The number of para-hydroxylation sites is 1. The number of likely N-dealkylation sites (tertiary alicyclic amines) is 1. The summed E-state index contributed by atoms with van der Waals surface area (Å²) in [6, 6.07) is 4.76. The number of amides is 1. The van der Waals surface area contributed by atoms with Gasteiger partial charge < -0.3 is 15.2 Å². The SMILES string of the molecule is Nc1nc2c(F)cccc2n1CCC(=O)N1CCCCC1. The van der Waals surface area contributed by atoms with Crippen LogP contribution in [-0.2, 0) is 11.3 Å². The Morgan fingerprint density at radius 2 is 2.05 bits per heavy atom. The first kappa shape index (κ1) is 13.9. The Hall–Kier alpha value is -2.11.